The molecule has 0 aliphatic carbocycles. The summed E-state index contributed by atoms with van der Waals surface area (Å²) >= 11 is 3.11. The molecule has 0 aliphatic rings. The number of carbonyl (C=O) groups is 1. The Morgan fingerprint density at radius 2 is 2.38 bits per heavy atom. The number of thioether (sulfide) groups is 1. The Labute approximate surface area is 103 Å². The number of aromatic nitrogens is 1. The number of aliphatic carboxylic acids is 1. The minimum Gasteiger partial charge on any atom is -0.480 e. The second kappa shape index (κ2) is 5.16. The summed E-state index contributed by atoms with van der Waals surface area (Å²) in [6, 6.07) is -0.862. The summed E-state index contributed by atoms with van der Waals surface area (Å²) in [5.41, 5.74) is 6.63. The third-order valence-corrected chi connectivity index (χ3v) is 4.81. The van der Waals surface area contributed by atoms with E-state index in [1.54, 1.807) is 11.3 Å². The van der Waals surface area contributed by atoms with E-state index >= 15 is 0 Å². The summed E-state index contributed by atoms with van der Waals surface area (Å²) in [6.45, 7) is 5.63. The van der Waals surface area contributed by atoms with Crippen molar-refractivity contribution in [1.82, 2.24) is 4.98 Å². The molecule has 1 rings (SSSR count). The number of carboxylic acid groups (broad SMARTS) is 1. The SMILES string of the molecule is Cc1csc(CSC(C)(C)[C@H](N)C(=O)O)n1. The maximum Gasteiger partial charge on any atom is 0.321 e. The van der Waals surface area contributed by atoms with Crippen LogP contribution in [-0.2, 0) is 10.5 Å². The highest BCUT2D eigenvalue weighted by atomic mass is 32.2. The van der Waals surface area contributed by atoms with Gasteiger partial charge in [0, 0.05) is 21.6 Å². The first-order chi connectivity index (χ1) is 7.33. The Morgan fingerprint density at radius 3 is 2.81 bits per heavy atom. The highest BCUT2D eigenvalue weighted by Gasteiger charge is 2.32. The third-order valence-electron chi connectivity index (χ3n) is 2.25. The Morgan fingerprint density at radius 1 is 1.75 bits per heavy atom. The molecule has 0 unspecified atom stereocenters. The summed E-state index contributed by atoms with van der Waals surface area (Å²) in [5, 5.41) is 11.9. The van der Waals surface area contributed by atoms with E-state index in [1.807, 2.05) is 26.2 Å². The number of rotatable bonds is 5. The maximum atomic E-state index is 10.8. The molecule has 0 radical (unpaired) electrons. The van der Waals surface area contributed by atoms with Crippen LogP contribution in [0.15, 0.2) is 5.38 Å². The van der Waals surface area contributed by atoms with Crippen LogP contribution in [0.2, 0.25) is 0 Å². The van der Waals surface area contributed by atoms with Gasteiger partial charge in [-0.15, -0.1) is 23.1 Å². The van der Waals surface area contributed by atoms with Crippen LogP contribution in [-0.4, -0.2) is 26.8 Å². The Hall–Kier alpha value is -0.590. The number of hydrogen-bond donors (Lipinski definition) is 2. The van der Waals surface area contributed by atoms with E-state index < -0.39 is 16.8 Å². The Kier molecular flexibility index (Phi) is 4.35. The van der Waals surface area contributed by atoms with E-state index in [0.29, 0.717) is 5.75 Å². The summed E-state index contributed by atoms with van der Waals surface area (Å²) in [5.74, 6) is -0.264. The lowest BCUT2D eigenvalue weighted by molar-refractivity contribution is -0.139. The van der Waals surface area contributed by atoms with Gasteiger partial charge in [0.05, 0.1) is 0 Å². The third kappa shape index (κ3) is 3.47. The Balaban J connectivity index is 2.57. The highest BCUT2D eigenvalue weighted by molar-refractivity contribution is 8.00. The van der Waals surface area contributed by atoms with Crippen LogP contribution in [0.5, 0.6) is 0 Å². The first-order valence-corrected chi connectivity index (χ1v) is 6.73. The number of hydrogen-bond acceptors (Lipinski definition) is 5. The molecule has 0 aromatic carbocycles. The van der Waals surface area contributed by atoms with Gasteiger partial charge in [-0.25, -0.2) is 4.98 Å². The normalized spacial score (nSPS) is 13.8. The van der Waals surface area contributed by atoms with Crippen molar-refractivity contribution in [3.05, 3.63) is 16.1 Å². The maximum absolute atomic E-state index is 10.8. The van der Waals surface area contributed by atoms with Crippen molar-refractivity contribution >= 4 is 29.1 Å². The summed E-state index contributed by atoms with van der Waals surface area (Å²) < 4.78 is -0.495. The summed E-state index contributed by atoms with van der Waals surface area (Å²) in [7, 11) is 0. The largest absolute Gasteiger partial charge is 0.480 e. The average molecular weight is 260 g/mol. The fourth-order valence-electron chi connectivity index (χ4n) is 1.10. The first-order valence-electron chi connectivity index (χ1n) is 4.86. The molecule has 6 heteroatoms. The van der Waals surface area contributed by atoms with E-state index in [1.165, 1.54) is 11.8 Å². The molecule has 1 heterocycles. The molecule has 90 valence electrons. The van der Waals surface area contributed by atoms with Crippen molar-refractivity contribution in [2.45, 2.75) is 37.3 Å². The predicted molar refractivity (Wildman–Crippen MR) is 67.8 cm³/mol. The van der Waals surface area contributed by atoms with Gasteiger partial charge < -0.3 is 10.8 Å². The van der Waals surface area contributed by atoms with Crippen LogP contribution in [0.4, 0.5) is 0 Å². The second-order valence-corrected chi connectivity index (χ2v) is 6.66. The molecular weight excluding hydrogens is 244 g/mol. The van der Waals surface area contributed by atoms with Gasteiger partial charge in [-0.05, 0) is 20.8 Å². The molecule has 16 heavy (non-hydrogen) atoms. The van der Waals surface area contributed by atoms with E-state index in [2.05, 4.69) is 4.98 Å². The molecule has 1 aromatic heterocycles. The number of carboxylic acids is 1. The molecule has 0 amide bonds. The predicted octanol–water partition coefficient (Wildman–Crippen LogP) is 1.88. The number of aryl methyl sites for hydroxylation is 1. The van der Waals surface area contributed by atoms with Gasteiger partial charge in [-0.1, -0.05) is 0 Å². The lowest BCUT2D eigenvalue weighted by Gasteiger charge is -2.27. The molecule has 0 spiro atoms. The first kappa shape index (κ1) is 13.5. The minimum atomic E-state index is -0.965. The lowest BCUT2D eigenvalue weighted by Crippen LogP contribution is -2.46. The van der Waals surface area contributed by atoms with Crippen LogP contribution >= 0.6 is 23.1 Å². The molecule has 0 bridgehead atoms. The van der Waals surface area contributed by atoms with Crippen molar-refractivity contribution in [3.63, 3.8) is 0 Å². The van der Waals surface area contributed by atoms with Gasteiger partial charge in [0.2, 0.25) is 0 Å². The van der Waals surface area contributed by atoms with Crippen molar-refractivity contribution in [2.75, 3.05) is 0 Å². The number of nitrogens with two attached hydrogens (primary N) is 1. The van der Waals surface area contributed by atoms with E-state index in [9.17, 15) is 4.79 Å². The van der Waals surface area contributed by atoms with Crippen molar-refractivity contribution in [1.29, 1.82) is 0 Å². The van der Waals surface area contributed by atoms with Crippen molar-refractivity contribution in [3.8, 4) is 0 Å². The molecule has 3 N–H and O–H groups in total. The van der Waals surface area contributed by atoms with Gasteiger partial charge in [0.25, 0.3) is 0 Å². The molecule has 0 aliphatic heterocycles. The van der Waals surface area contributed by atoms with Crippen LogP contribution in [0.3, 0.4) is 0 Å². The van der Waals surface area contributed by atoms with Crippen LogP contribution in [0.25, 0.3) is 0 Å². The van der Waals surface area contributed by atoms with Crippen LogP contribution in [0, 0.1) is 6.92 Å². The average Bonchev–Trinajstić information content (AvgIpc) is 2.60. The fraction of sp³-hybridized carbons (Fsp3) is 0.600. The molecule has 0 fully saturated rings. The Bertz CT molecular complexity index is 377. The zero-order valence-electron chi connectivity index (χ0n) is 9.56. The smallest absolute Gasteiger partial charge is 0.321 e. The number of thiazole rings is 1. The monoisotopic (exact) mass is 260 g/mol. The quantitative estimate of drug-likeness (QED) is 0.845. The number of nitrogens with zero attached hydrogens (tertiary/aromatic N) is 1. The van der Waals surface area contributed by atoms with Crippen molar-refractivity contribution < 1.29 is 9.90 Å². The lowest BCUT2D eigenvalue weighted by atomic mass is 10.1. The zero-order chi connectivity index (χ0) is 12.3. The van der Waals surface area contributed by atoms with E-state index in [0.717, 1.165) is 10.7 Å². The summed E-state index contributed by atoms with van der Waals surface area (Å²) in [4.78, 5) is 15.1. The van der Waals surface area contributed by atoms with Crippen LogP contribution < -0.4 is 5.73 Å². The van der Waals surface area contributed by atoms with Gasteiger partial charge in [-0.3, -0.25) is 4.79 Å². The molecule has 4 nitrogen and oxygen atoms in total. The minimum absolute atomic E-state index is 0.495. The van der Waals surface area contributed by atoms with Gasteiger partial charge in [0.15, 0.2) is 0 Å². The highest BCUT2D eigenvalue weighted by Crippen LogP contribution is 2.31. The molecule has 1 aromatic rings. The zero-order valence-corrected chi connectivity index (χ0v) is 11.2. The molecule has 1 atom stereocenters. The van der Waals surface area contributed by atoms with Gasteiger partial charge >= 0.3 is 5.97 Å². The van der Waals surface area contributed by atoms with Crippen molar-refractivity contribution in [2.24, 2.45) is 5.73 Å². The molecule has 0 saturated carbocycles. The molecule has 0 saturated heterocycles. The topological polar surface area (TPSA) is 76.2 Å². The summed E-state index contributed by atoms with van der Waals surface area (Å²) in [6.07, 6.45) is 0. The van der Waals surface area contributed by atoms with Gasteiger partial charge in [0.1, 0.15) is 11.0 Å². The fourth-order valence-corrected chi connectivity index (χ4v) is 2.95. The van der Waals surface area contributed by atoms with Gasteiger partial charge in [-0.2, -0.15) is 0 Å². The standard InChI is InChI=1S/C10H16N2O2S2/c1-6-4-15-7(12-6)5-16-10(2,3)8(11)9(13)14/h4,8H,5,11H2,1-3H3,(H,13,14)/t8-/m1/s1. The van der Waals surface area contributed by atoms with E-state index in [-0.39, 0.29) is 0 Å². The van der Waals surface area contributed by atoms with E-state index in [4.69, 9.17) is 10.8 Å². The second-order valence-electron chi connectivity index (χ2n) is 4.09. The molecular formula is C10H16N2O2S2. The van der Waals surface area contributed by atoms with Crippen LogP contribution in [0.1, 0.15) is 24.5 Å².